The minimum Gasteiger partial charge on any atom is -0.493 e. The summed E-state index contributed by atoms with van der Waals surface area (Å²) >= 11 is 0. The summed E-state index contributed by atoms with van der Waals surface area (Å²) in [5.74, 6) is 1.91. The van der Waals surface area contributed by atoms with Crippen LogP contribution in [-0.2, 0) is 6.54 Å². The van der Waals surface area contributed by atoms with Gasteiger partial charge in [-0.15, -0.1) is 0 Å². The molecule has 146 valence electrons. The van der Waals surface area contributed by atoms with Crippen LogP contribution in [-0.4, -0.2) is 27.9 Å². The van der Waals surface area contributed by atoms with Crippen LogP contribution in [0.2, 0.25) is 0 Å². The summed E-state index contributed by atoms with van der Waals surface area (Å²) in [5, 5.41) is 0. The molecule has 2 aromatic rings. The van der Waals surface area contributed by atoms with E-state index in [1.54, 1.807) is 21.3 Å². The minimum atomic E-state index is 0.600. The molecule has 0 amide bonds. The quantitative estimate of drug-likeness (QED) is 0.483. The van der Waals surface area contributed by atoms with Crippen LogP contribution in [0.4, 0.5) is 0 Å². The van der Waals surface area contributed by atoms with Gasteiger partial charge in [0.05, 0.1) is 21.3 Å². The molecule has 0 aliphatic carbocycles. The average molecular weight is 372 g/mol. The van der Waals surface area contributed by atoms with E-state index >= 15 is 0 Å². The highest BCUT2D eigenvalue weighted by Crippen LogP contribution is 2.40. The van der Waals surface area contributed by atoms with Crippen LogP contribution in [0.5, 0.6) is 17.2 Å². The third-order valence-electron chi connectivity index (χ3n) is 4.48. The molecule has 0 radical (unpaired) electrons. The largest absolute Gasteiger partial charge is 0.493 e. The van der Waals surface area contributed by atoms with E-state index in [-0.39, 0.29) is 0 Å². The van der Waals surface area contributed by atoms with E-state index in [1.807, 2.05) is 18.2 Å². The van der Waals surface area contributed by atoms with Crippen LogP contribution in [0.25, 0.3) is 12.2 Å². The molecule has 2 rings (SSSR count). The van der Waals surface area contributed by atoms with Crippen molar-refractivity contribution < 1.29 is 18.8 Å². The van der Waals surface area contributed by atoms with E-state index < -0.39 is 0 Å². The maximum Gasteiger partial charge on any atom is 0.203 e. The molecule has 0 unspecified atom stereocenters. The number of rotatable bonds is 11. The van der Waals surface area contributed by atoms with Gasteiger partial charge in [-0.05, 0) is 37.1 Å². The number of benzene rings is 1. The maximum absolute atomic E-state index is 5.53. The van der Waals surface area contributed by atoms with Crippen molar-refractivity contribution in [2.24, 2.45) is 5.73 Å². The van der Waals surface area contributed by atoms with Crippen molar-refractivity contribution in [3.63, 3.8) is 0 Å². The van der Waals surface area contributed by atoms with Gasteiger partial charge in [-0.3, -0.25) is 0 Å². The highest BCUT2D eigenvalue weighted by atomic mass is 16.5. The molecule has 2 N–H and O–H groups in total. The van der Waals surface area contributed by atoms with Gasteiger partial charge in [0.25, 0.3) is 0 Å². The number of ether oxygens (including phenoxy) is 3. The zero-order chi connectivity index (χ0) is 19.5. The predicted molar refractivity (Wildman–Crippen MR) is 109 cm³/mol. The molecule has 0 saturated heterocycles. The van der Waals surface area contributed by atoms with Crippen molar-refractivity contribution in [1.29, 1.82) is 0 Å². The second kappa shape index (κ2) is 11.2. The molecular weight excluding hydrogens is 340 g/mol. The van der Waals surface area contributed by atoms with Gasteiger partial charge in [0.2, 0.25) is 5.75 Å². The fourth-order valence-electron chi connectivity index (χ4n) is 2.96. The summed E-state index contributed by atoms with van der Waals surface area (Å²) in [5.41, 5.74) is 7.59. The fourth-order valence-corrected chi connectivity index (χ4v) is 2.96. The van der Waals surface area contributed by atoms with E-state index in [0.717, 1.165) is 30.6 Å². The van der Waals surface area contributed by atoms with E-state index in [9.17, 15) is 0 Å². The van der Waals surface area contributed by atoms with E-state index in [4.69, 9.17) is 19.9 Å². The van der Waals surface area contributed by atoms with Crippen LogP contribution >= 0.6 is 0 Å². The van der Waals surface area contributed by atoms with Crippen LogP contribution in [0, 0.1) is 0 Å². The first kappa shape index (κ1) is 20.8. The lowest BCUT2D eigenvalue weighted by Crippen LogP contribution is -2.32. The lowest BCUT2D eigenvalue weighted by atomic mass is 10.1. The molecule has 27 heavy (non-hydrogen) atoms. The number of hydrogen-bond acceptors (Lipinski definition) is 4. The first-order valence-electron chi connectivity index (χ1n) is 9.39. The maximum atomic E-state index is 5.53. The smallest absolute Gasteiger partial charge is 0.203 e. The van der Waals surface area contributed by atoms with Gasteiger partial charge in [-0.25, -0.2) is 4.57 Å². The zero-order valence-electron chi connectivity index (χ0n) is 16.6. The second-order valence-electron chi connectivity index (χ2n) is 6.33. The first-order valence-corrected chi connectivity index (χ1v) is 9.39. The summed E-state index contributed by atoms with van der Waals surface area (Å²) in [6, 6.07) is 8.07. The Kier molecular flexibility index (Phi) is 8.65. The Labute approximate surface area is 162 Å². The molecule has 0 spiro atoms. The van der Waals surface area contributed by atoms with Gasteiger partial charge < -0.3 is 19.9 Å². The van der Waals surface area contributed by atoms with E-state index in [1.165, 1.54) is 19.3 Å². The fraction of sp³-hybridized carbons (Fsp3) is 0.409. The Balaban J connectivity index is 2.03. The number of methoxy groups -OCH3 is 3. The Morgan fingerprint density at radius 2 is 1.52 bits per heavy atom. The third kappa shape index (κ3) is 6.00. The summed E-state index contributed by atoms with van der Waals surface area (Å²) in [6.07, 6.45) is 13.1. The number of hydrogen-bond donors (Lipinski definition) is 1. The molecule has 1 heterocycles. The lowest BCUT2D eigenvalue weighted by molar-refractivity contribution is -0.697. The normalized spacial score (nSPS) is 11.0. The van der Waals surface area contributed by atoms with Gasteiger partial charge >= 0.3 is 0 Å². The zero-order valence-corrected chi connectivity index (χ0v) is 16.6. The molecule has 0 aliphatic heterocycles. The molecule has 1 aromatic carbocycles. The summed E-state index contributed by atoms with van der Waals surface area (Å²) in [6.45, 7) is 1.83. The second-order valence-corrected chi connectivity index (χ2v) is 6.33. The molecule has 0 aliphatic rings. The standard InChI is InChI=1S/C22H31N2O3/c1-25-20-11-10-19(21(26-2)22(20)27-3)9-8-18-12-16-24(17-13-18)15-7-5-4-6-14-23/h8-13,16-17H,4-7,14-15,23H2,1-3H3/q+1/b9-8+. The summed E-state index contributed by atoms with van der Waals surface area (Å²) < 4.78 is 18.5. The van der Waals surface area contributed by atoms with Crippen LogP contribution in [0.1, 0.15) is 36.8 Å². The first-order chi connectivity index (χ1) is 13.2. The Morgan fingerprint density at radius 3 is 2.15 bits per heavy atom. The monoisotopic (exact) mass is 371 g/mol. The Morgan fingerprint density at radius 1 is 0.815 bits per heavy atom. The highest BCUT2D eigenvalue weighted by Gasteiger charge is 2.14. The van der Waals surface area contributed by atoms with E-state index in [0.29, 0.717) is 17.2 Å². The molecule has 0 bridgehead atoms. The molecule has 5 heteroatoms. The summed E-state index contributed by atoms with van der Waals surface area (Å²) in [7, 11) is 4.86. The van der Waals surface area contributed by atoms with Gasteiger partial charge in [-0.1, -0.05) is 18.6 Å². The molecule has 1 aromatic heterocycles. The average Bonchev–Trinajstić information content (AvgIpc) is 2.72. The number of aromatic nitrogens is 1. The third-order valence-corrected chi connectivity index (χ3v) is 4.48. The number of unbranched alkanes of at least 4 members (excludes halogenated alkanes) is 3. The van der Waals surface area contributed by atoms with Crippen LogP contribution in [0.3, 0.4) is 0 Å². The minimum absolute atomic E-state index is 0.600. The van der Waals surface area contributed by atoms with Crippen molar-refractivity contribution in [3.05, 3.63) is 47.8 Å². The van der Waals surface area contributed by atoms with Gasteiger partial charge in [0.1, 0.15) is 6.54 Å². The van der Waals surface area contributed by atoms with Gasteiger partial charge in [0.15, 0.2) is 23.9 Å². The molecular formula is C22H31N2O3+. The van der Waals surface area contributed by atoms with Crippen molar-refractivity contribution in [3.8, 4) is 17.2 Å². The van der Waals surface area contributed by atoms with Crippen molar-refractivity contribution in [2.45, 2.75) is 32.2 Å². The number of aryl methyl sites for hydroxylation is 1. The SMILES string of the molecule is COc1ccc(/C=C/c2cc[n+](CCCCCCN)cc2)c(OC)c1OC. The van der Waals surface area contributed by atoms with Crippen molar-refractivity contribution >= 4 is 12.2 Å². The van der Waals surface area contributed by atoms with Crippen molar-refractivity contribution in [1.82, 2.24) is 0 Å². The Bertz CT molecular complexity index is 727. The van der Waals surface area contributed by atoms with Gasteiger partial charge in [-0.2, -0.15) is 0 Å². The molecule has 0 fully saturated rings. The van der Waals surface area contributed by atoms with Crippen LogP contribution in [0.15, 0.2) is 36.7 Å². The molecule has 5 nitrogen and oxygen atoms in total. The summed E-state index contributed by atoms with van der Waals surface area (Å²) in [4.78, 5) is 0. The number of pyridine rings is 1. The Hall–Kier alpha value is -2.53. The molecule has 0 saturated carbocycles. The van der Waals surface area contributed by atoms with E-state index in [2.05, 4.69) is 35.2 Å². The van der Waals surface area contributed by atoms with Gasteiger partial charge in [0, 0.05) is 24.1 Å². The lowest BCUT2D eigenvalue weighted by Gasteiger charge is -2.13. The van der Waals surface area contributed by atoms with Crippen molar-refractivity contribution in [2.75, 3.05) is 27.9 Å². The number of nitrogens with zero attached hydrogens (tertiary/aromatic N) is 1. The topological polar surface area (TPSA) is 57.6 Å². The van der Waals surface area contributed by atoms with Crippen LogP contribution < -0.4 is 24.5 Å². The highest BCUT2D eigenvalue weighted by molar-refractivity contribution is 5.75. The number of nitrogens with two attached hydrogens (primary N) is 1. The predicted octanol–water partition coefficient (Wildman–Crippen LogP) is 3.69. The molecule has 0 atom stereocenters.